The number of ether oxygens (including phenoxy) is 6. The van der Waals surface area contributed by atoms with Gasteiger partial charge in [0.15, 0.2) is 40.3 Å². The monoisotopic (exact) mass is 729 g/mol. The summed E-state index contributed by atoms with van der Waals surface area (Å²) < 4.78 is 43.3. The summed E-state index contributed by atoms with van der Waals surface area (Å²) in [4.78, 5) is 16.9. The minimum Gasteiger partial charge on any atom is -0.493 e. The van der Waals surface area contributed by atoms with Gasteiger partial charge in [-0.05, 0) is 115 Å². The van der Waals surface area contributed by atoms with Crippen LogP contribution in [0.15, 0.2) is 77.4 Å². The minimum atomic E-state index is -0.347. The Bertz CT molecular complexity index is 2240. The van der Waals surface area contributed by atoms with Gasteiger partial charge in [-0.1, -0.05) is 12.1 Å². The zero-order valence-electron chi connectivity index (χ0n) is 31.1. The summed E-state index contributed by atoms with van der Waals surface area (Å²) in [5.74, 6) is 4.47. The number of likely N-dealkylation sites (N-methyl/N-ethyl adjacent to an activating group) is 1. The fraction of sp³-hybridized carbons (Fsp3) is 0.326. The van der Waals surface area contributed by atoms with Gasteiger partial charge in [0, 0.05) is 30.8 Å². The molecule has 10 rings (SSSR count). The predicted molar refractivity (Wildman–Crippen MR) is 202 cm³/mol. The van der Waals surface area contributed by atoms with E-state index in [4.69, 9.17) is 32.8 Å². The molecule has 5 aromatic rings. The van der Waals surface area contributed by atoms with Gasteiger partial charge in [0.2, 0.25) is 5.75 Å². The molecule has 5 aliphatic rings. The van der Waals surface area contributed by atoms with Gasteiger partial charge in [0.25, 0.3) is 0 Å². The van der Waals surface area contributed by atoms with Gasteiger partial charge in [-0.3, -0.25) is 9.69 Å². The largest absolute Gasteiger partial charge is 0.493 e. The number of aryl methyl sites for hydroxylation is 1. The molecule has 0 aliphatic carbocycles. The molecular weight excluding hydrogens is 686 g/mol. The van der Waals surface area contributed by atoms with Crippen molar-refractivity contribution in [3.8, 4) is 46.0 Å². The van der Waals surface area contributed by atoms with Gasteiger partial charge >= 0.3 is 5.91 Å². The maximum Gasteiger partial charge on any atom is 0.308 e. The van der Waals surface area contributed by atoms with E-state index in [9.17, 15) is 4.79 Å². The zero-order valence-corrected chi connectivity index (χ0v) is 31.1. The molecule has 0 spiro atoms. The number of rotatable bonds is 5. The highest BCUT2D eigenvalue weighted by Gasteiger charge is 2.44. The van der Waals surface area contributed by atoms with Crippen molar-refractivity contribution in [2.75, 3.05) is 53.6 Å². The van der Waals surface area contributed by atoms with Crippen molar-refractivity contribution in [2.24, 2.45) is 0 Å². The van der Waals surface area contributed by atoms with Gasteiger partial charge in [-0.15, -0.1) is 0 Å². The smallest absolute Gasteiger partial charge is 0.308 e. The molecule has 0 N–H and O–H groups in total. The summed E-state index contributed by atoms with van der Waals surface area (Å²) >= 11 is 0. The molecule has 0 unspecified atom stereocenters. The summed E-state index contributed by atoms with van der Waals surface area (Å²) in [6.45, 7) is 1.49. The second kappa shape index (κ2) is 13.6. The van der Waals surface area contributed by atoms with Gasteiger partial charge < -0.3 is 32.8 Å². The number of benzene rings is 4. The van der Waals surface area contributed by atoms with E-state index in [1.165, 1.54) is 23.0 Å². The standard InChI is InChI=1S/C43H43N3O8/c1-44-16-14-26-20-35(48-2)38-23-30(26)31(44)13-10-25-8-11-29(12-9-25)53-37-22-28-19-33-40-27(21-39(50-4)41(51-5)42(40)54-38)15-17-45(33)46(32(28)24-36(37)49-3)43(47)34-7-6-18-52-34/h6-9,11-12,18,20-24,31,33H,10,13-17,19H2,1-5H3/t31-,33-/m0/s1. The topological polar surface area (TPSA) is 95.3 Å². The van der Waals surface area contributed by atoms with E-state index in [1.54, 1.807) is 45.6 Å². The number of amides is 1. The minimum absolute atomic E-state index is 0.167. The van der Waals surface area contributed by atoms with E-state index in [0.717, 1.165) is 42.5 Å². The number of carbonyl (C=O) groups excluding carboxylic acids is 1. The number of nitrogens with zero attached hydrogens (tertiary/aromatic N) is 3. The highest BCUT2D eigenvalue weighted by atomic mass is 16.5. The lowest BCUT2D eigenvalue weighted by Gasteiger charge is -2.48. The predicted octanol–water partition coefficient (Wildman–Crippen LogP) is 8.09. The van der Waals surface area contributed by atoms with E-state index >= 15 is 0 Å². The molecule has 11 heteroatoms. The third kappa shape index (κ3) is 5.61. The number of methoxy groups -OCH3 is 4. The Morgan fingerprint density at radius 3 is 2.22 bits per heavy atom. The van der Waals surface area contributed by atoms with Crippen LogP contribution in [0.2, 0.25) is 0 Å². The first kappa shape index (κ1) is 34.1. The van der Waals surface area contributed by atoms with E-state index < -0.39 is 0 Å². The van der Waals surface area contributed by atoms with Crippen LogP contribution < -0.4 is 33.4 Å². The molecule has 54 heavy (non-hydrogen) atoms. The third-order valence-electron chi connectivity index (χ3n) is 11.4. The molecule has 4 aromatic carbocycles. The van der Waals surface area contributed by atoms with Crippen LogP contribution in [0.1, 0.15) is 62.4 Å². The number of furan rings is 1. The molecule has 0 saturated carbocycles. The number of anilines is 1. The van der Waals surface area contributed by atoms with Crippen molar-refractivity contribution in [3.63, 3.8) is 0 Å². The molecule has 6 heterocycles. The Kier molecular flexibility index (Phi) is 8.62. The molecule has 5 aliphatic heterocycles. The lowest BCUT2D eigenvalue weighted by Crippen LogP contribution is -2.54. The summed E-state index contributed by atoms with van der Waals surface area (Å²) in [6.07, 6.45) is 5.36. The highest BCUT2D eigenvalue weighted by Crippen LogP contribution is 2.55. The lowest BCUT2D eigenvalue weighted by atomic mass is 9.85. The van der Waals surface area contributed by atoms with Crippen LogP contribution in [0.4, 0.5) is 5.69 Å². The first-order valence-corrected chi connectivity index (χ1v) is 18.4. The van der Waals surface area contributed by atoms with Crippen molar-refractivity contribution in [1.29, 1.82) is 0 Å². The molecule has 278 valence electrons. The Hall–Kier alpha value is -5.65. The molecule has 0 fully saturated rings. The normalized spacial score (nSPS) is 18.9. The van der Waals surface area contributed by atoms with Gasteiger partial charge in [-0.2, -0.15) is 0 Å². The lowest BCUT2D eigenvalue weighted by molar-refractivity contribution is 0.0769. The van der Waals surface area contributed by atoms with Gasteiger partial charge in [-0.25, -0.2) is 10.0 Å². The summed E-state index contributed by atoms with van der Waals surface area (Å²) in [5.41, 5.74) is 7.22. The first-order chi connectivity index (χ1) is 26.4. The molecule has 7 bridgehead atoms. The molecule has 1 amide bonds. The molecule has 11 nitrogen and oxygen atoms in total. The Morgan fingerprint density at radius 2 is 1.48 bits per heavy atom. The average molecular weight is 730 g/mol. The Balaban J connectivity index is 1.30. The Morgan fingerprint density at radius 1 is 0.741 bits per heavy atom. The Labute approximate surface area is 314 Å². The van der Waals surface area contributed by atoms with Crippen molar-refractivity contribution in [3.05, 3.63) is 112 Å². The highest BCUT2D eigenvalue weighted by molar-refractivity contribution is 6.04. The van der Waals surface area contributed by atoms with Crippen LogP contribution in [0.3, 0.4) is 0 Å². The molecule has 2 atom stereocenters. The van der Waals surface area contributed by atoms with E-state index in [-0.39, 0.29) is 23.8 Å². The van der Waals surface area contributed by atoms with Crippen molar-refractivity contribution < 1.29 is 37.6 Å². The second-order valence-electron chi connectivity index (χ2n) is 14.2. The number of hydrogen-bond donors (Lipinski definition) is 0. The first-order valence-electron chi connectivity index (χ1n) is 18.4. The van der Waals surface area contributed by atoms with Crippen LogP contribution in [0.5, 0.6) is 46.0 Å². The van der Waals surface area contributed by atoms with Gasteiger partial charge in [0.1, 0.15) is 5.75 Å². The fourth-order valence-corrected chi connectivity index (χ4v) is 8.67. The number of fused-ring (bicyclic) bond motifs is 3. The zero-order chi connectivity index (χ0) is 37.1. The quantitative estimate of drug-likeness (QED) is 0.177. The number of carbonyl (C=O) groups is 1. The fourth-order valence-electron chi connectivity index (χ4n) is 8.67. The van der Waals surface area contributed by atoms with E-state index in [0.29, 0.717) is 71.1 Å². The van der Waals surface area contributed by atoms with Crippen LogP contribution in [-0.2, 0) is 25.7 Å². The summed E-state index contributed by atoms with van der Waals surface area (Å²) in [7, 11) is 8.74. The maximum atomic E-state index is 14.5. The third-order valence-corrected chi connectivity index (χ3v) is 11.4. The number of hydrazine groups is 1. The molecule has 0 saturated heterocycles. The number of hydrogen-bond acceptors (Lipinski definition) is 10. The van der Waals surface area contributed by atoms with Crippen LogP contribution in [-0.4, -0.2) is 64.4 Å². The summed E-state index contributed by atoms with van der Waals surface area (Å²) in [5, 5.41) is 3.82. The van der Waals surface area contributed by atoms with E-state index in [2.05, 4.69) is 41.2 Å². The van der Waals surface area contributed by atoms with Crippen molar-refractivity contribution in [2.45, 2.75) is 44.2 Å². The SMILES string of the molecule is COc1cc2c3cc1Oc1ccc(cc1)CC[C@H]1c4cc(c(OC)cc4CCN1C)Oc1c(OC)c(OC)cc4c1[C@H](C3)N(CC4)N2C(=O)c1ccco1. The van der Waals surface area contributed by atoms with Crippen LogP contribution in [0, 0.1) is 0 Å². The van der Waals surface area contributed by atoms with E-state index in [1.807, 2.05) is 30.3 Å². The van der Waals surface area contributed by atoms with Crippen molar-refractivity contribution >= 4 is 11.6 Å². The van der Waals surface area contributed by atoms with Crippen LogP contribution in [0.25, 0.3) is 0 Å². The van der Waals surface area contributed by atoms with Crippen LogP contribution >= 0.6 is 0 Å². The summed E-state index contributed by atoms with van der Waals surface area (Å²) in [6, 6.07) is 21.7. The molecular formula is C43H43N3O8. The molecule has 0 radical (unpaired) electrons. The second-order valence-corrected chi connectivity index (χ2v) is 14.2. The average Bonchev–Trinajstić information content (AvgIpc) is 3.74. The van der Waals surface area contributed by atoms with Crippen molar-refractivity contribution in [1.82, 2.24) is 9.91 Å². The van der Waals surface area contributed by atoms with Gasteiger partial charge in [0.05, 0.1) is 46.4 Å². The maximum absolute atomic E-state index is 14.5. The molecule has 1 aromatic heterocycles.